The van der Waals surface area contributed by atoms with Crippen molar-refractivity contribution in [3.8, 4) is 0 Å². The molecule has 4 N–H and O–H groups in total. The second kappa shape index (κ2) is 7.40. The van der Waals surface area contributed by atoms with Gasteiger partial charge in [0, 0.05) is 24.2 Å². The lowest BCUT2D eigenvalue weighted by Crippen LogP contribution is -2.64. The van der Waals surface area contributed by atoms with Crippen LogP contribution in [0, 0.1) is 13.8 Å². The molecule has 0 saturated carbocycles. The van der Waals surface area contributed by atoms with E-state index in [0.717, 1.165) is 26.2 Å². The third kappa shape index (κ3) is 4.09. The lowest BCUT2D eigenvalue weighted by atomic mass is 10.0. The monoisotopic (exact) mass is 322 g/mol. The fraction of sp³-hybridized carbons (Fsp3) is 0.588. The highest BCUT2D eigenvalue weighted by molar-refractivity contribution is 5.76. The number of piperazine rings is 1. The van der Waals surface area contributed by atoms with Crippen LogP contribution in [0.2, 0.25) is 0 Å². The minimum atomic E-state index is -0.753. The Morgan fingerprint density at radius 1 is 1.30 bits per heavy atom. The Hall–Kier alpha value is -1.47. The first-order chi connectivity index (χ1) is 10.9. The van der Waals surface area contributed by atoms with E-state index in [1.165, 1.54) is 16.8 Å². The van der Waals surface area contributed by atoms with E-state index >= 15 is 0 Å². The van der Waals surface area contributed by atoms with Gasteiger partial charge in [0.05, 0.1) is 26.2 Å². The zero-order valence-corrected chi connectivity index (χ0v) is 14.0. The summed E-state index contributed by atoms with van der Waals surface area (Å²) >= 11 is 0. The summed E-state index contributed by atoms with van der Waals surface area (Å²) in [5, 5.41) is 19.4. The average Bonchev–Trinajstić information content (AvgIpc) is 2.49. The molecule has 1 aliphatic heterocycles. The minimum Gasteiger partial charge on any atom is -0.393 e. The molecular weight excluding hydrogens is 294 g/mol. The van der Waals surface area contributed by atoms with Gasteiger partial charge in [-0.15, -0.1) is 0 Å². The van der Waals surface area contributed by atoms with Gasteiger partial charge in [-0.2, -0.15) is 0 Å². The van der Waals surface area contributed by atoms with Gasteiger partial charge in [-0.05, 0) is 13.8 Å². The molecule has 1 atom stereocenters. The Balaban J connectivity index is 2.30. The molecular formula is C17H28N3O3+. The van der Waals surface area contributed by atoms with Crippen molar-refractivity contribution < 1.29 is 15.0 Å². The molecule has 1 fully saturated rings. The van der Waals surface area contributed by atoms with E-state index < -0.39 is 6.10 Å². The van der Waals surface area contributed by atoms with Gasteiger partial charge in [0.1, 0.15) is 18.3 Å². The number of nitrogens with two attached hydrogens (primary N) is 1. The van der Waals surface area contributed by atoms with Gasteiger partial charge in [0.15, 0.2) is 0 Å². The molecule has 1 amide bonds. The Labute approximate surface area is 137 Å². The van der Waals surface area contributed by atoms with E-state index in [4.69, 9.17) is 5.73 Å². The number of aryl methyl sites for hydroxylation is 2. The van der Waals surface area contributed by atoms with Gasteiger partial charge in [-0.1, -0.05) is 18.2 Å². The largest absolute Gasteiger partial charge is 0.393 e. The minimum absolute atomic E-state index is 0.240. The van der Waals surface area contributed by atoms with Crippen LogP contribution >= 0.6 is 0 Å². The molecule has 1 saturated heterocycles. The molecule has 1 aliphatic rings. The molecule has 0 aliphatic carbocycles. The van der Waals surface area contributed by atoms with E-state index in [0.29, 0.717) is 11.0 Å². The van der Waals surface area contributed by atoms with Crippen LogP contribution in [0.5, 0.6) is 0 Å². The Morgan fingerprint density at radius 2 is 1.87 bits per heavy atom. The van der Waals surface area contributed by atoms with E-state index in [1.54, 1.807) is 0 Å². The van der Waals surface area contributed by atoms with Crippen LogP contribution in [0.15, 0.2) is 18.2 Å². The number of benzene rings is 1. The highest BCUT2D eigenvalue weighted by atomic mass is 16.3. The zero-order chi connectivity index (χ0) is 17.0. The summed E-state index contributed by atoms with van der Waals surface area (Å²) in [6.45, 7) is 7.75. The lowest BCUT2D eigenvalue weighted by Gasteiger charge is -2.46. The molecule has 1 aromatic carbocycles. The molecule has 128 valence electrons. The Kier molecular flexibility index (Phi) is 5.75. The lowest BCUT2D eigenvalue weighted by molar-refractivity contribution is -0.119. The van der Waals surface area contributed by atoms with Gasteiger partial charge < -0.3 is 15.9 Å². The third-order valence-corrected chi connectivity index (χ3v) is 4.75. The van der Waals surface area contributed by atoms with Gasteiger partial charge in [-0.25, -0.2) is 0 Å². The van der Waals surface area contributed by atoms with Crippen LogP contribution in [0.3, 0.4) is 0 Å². The fourth-order valence-electron chi connectivity index (χ4n) is 3.78. The smallest absolute Gasteiger partial charge is 0.231 e. The molecule has 0 spiro atoms. The number of hydrogen-bond donors (Lipinski definition) is 3. The number of primary amides is 1. The number of aliphatic hydroxyl groups is 2. The standard InChI is InChI=1S/C17H27N3O3/c1-13-4-3-5-14(2)17(13)20(11-15(22)12-21)8-6-19(7-9-20)10-16(18)23/h3-5,15,21-22H,6-12H2,1-2H3,(H-,18,23)/p+1. The number of carbonyl (C=O) groups is 1. The van der Waals surface area contributed by atoms with Gasteiger partial charge in [0.25, 0.3) is 0 Å². The number of quaternary nitrogens is 1. The average molecular weight is 322 g/mol. The van der Waals surface area contributed by atoms with Gasteiger partial charge in [-0.3, -0.25) is 14.2 Å². The first kappa shape index (κ1) is 17.9. The van der Waals surface area contributed by atoms with Gasteiger partial charge in [0.2, 0.25) is 5.91 Å². The molecule has 23 heavy (non-hydrogen) atoms. The summed E-state index contributed by atoms with van der Waals surface area (Å²) < 4.78 is 0.634. The molecule has 6 heteroatoms. The predicted molar refractivity (Wildman–Crippen MR) is 91.0 cm³/mol. The van der Waals surface area contributed by atoms with Crippen molar-refractivity contribution in [3.05, 3.63) is 29.3 Å². The number of para-hydroxylation sites is 1. The first-order valence-corrected chi connectivity index (χ1v) is 8.10. The highest BCUT2D eigenvalue weighted by Crippen LogP contribution is 2.33. The molecule has 1 heterocycles. The molecule has 1 aromatic rings. The number of hydrogen-bond acceptors (Lipinski definition) is 4. The Bertz CT molecular complexity index is 534. The molecule has 1 unspecified atom stereocenters. The van der Waals surface area contributed by atoms with Crippen molar-refractivity contribution >= 4 is 11.6 Å². The van der Waals surface area contributed by atoms with E-state index in [1.807, 2.05) is 6.07 Å². The van der Waals surface area contributed by atoms with Crippen molar-refractivity contribution in [1.82, 2.24) is 9.38 Å². The number of nitrogens with zero attached hydrogens (tertiary/aromatic N) is 2. The topological polar surface area (TPSA) is 86.8 Å². The van der Waals surface area contributed by atoms with Crippen LogP contribution in [0.4, 0.5) is 5.69 Å². The second-order valence-electron chi connectivity index (χ2n) is 6.59. The van der Waals surface area contributed by atoms with Crippen molar-refractivity contribution in [2.75, 3.05) is 45.9 Å². The summed E-state index contributed by atoms with van der Waals surface area (Å²) in [5.41, 5.74) is 8.90. The van der Waals surface area contributed by atoms with Crippen LogP contribution in [0.1, 0.15) is 11.1 Å². The summed E-state index contributed by atoms with van der Waals surface area (Å²) in [7, 11) is 0. The van der Waals surface area contributed by atoms with Crippen LogP contribution in [0.25, 0.3) is 0 Å². The van der Waals surface area contributed by atoms with E-state index in [-0.39, 0.29) is 19.1 Å². The molecule has 6 nitrogen and oxygen atoms in total. The number of rotatable bonds is 6. The van der Waals surface area contributed by atoms with E-state index in [2.05, 4.69) is 30.9 Å². The maximum absolute atomic E-state index is 11.1. The Morgan fingerprint density at radius 3 is 2.35 bits per heavy atom. The van der Waals surface area contributed by atoms with Crippen molar-refractivity contribution in [1.29, 1.82) is 0 Å². The van der Waals surface area contributed by atoms with Crippen LogP contribution in [-0.2, 0) is 4.79 Å². The third-order valence-electron chi connectivity index (χ3n) is 4.75. The highest BCUT2D eigenvalue weighted by Gasteiger charge is 2.39. The number of aliphatic hydroxyl groups excluding tert-OH is 2. The summed E-state index contributed by atoms with van der Waals surface area (Å²) in [6, 6.07) is 6.21. The number of carbonyl (C=O) groups excluding carboxylic acids is 1. The molecule has 0 aromatic heterocycles. The fourth-order valence-corrected chi connectivity index (χ4v) is 3.78. The van der Waals surface area contributed by atoms with Crippen molar-refractivity contribution in [2.45, 2.75) is 20.0 Å². The summed E-state index contributed by atoms with van der Waals surface area (Å²) in [5.74, 6) is -0.313. The number of amides is 1. The van der Waals surface area contributed by atoms with Crippen molar-refractivity contribution in [3.63, 3.8) is 0 Å². The second-order valence-corrected chi connectivity index (χ2v) is 6.59. The maximum atomic E-state index is 11.1. The zero-order valence-electron chi connectivity index (χ0n) is 14.0. The van der Waals surface area contributed by atoms with Crippen LogP contribution in [-0.4, -0.2) is 73.0 Å². The van der Waals surface area contributed by atoms with Crippen molar-refractivity contribution in [2.24, 2.45) is 5.73 Å². The SMILES string of the molecule is Cc1cccc(C)c1[N+]1(CC(O)CO)CCN(CC(N)=O)CC1. The van der Waals surface area contributed by atoms with Gasteiger partial charge >= 0.3 is 0 Å². The maximum Gasteiger partial charge on any atom is 0.231 e. The van der Waals surface area contributed by atoms with Crippen LogP contribution < -0.4 is 10.2 Å². The summed E-state index contributed by atoms with van der Waals surface area (Å²) in [4.78, 5) is 13.2. The summed E-state index contributed by atoms with van der Waals surface area (Å²) in [6.07, 6.45) is -0.753. The molecule has 0 radical (unpaired) electrons. The molecule has 0 bridgehead atoms. The normalized spacial score (nSPS) is 19.5. The molecule has 2 rings (SSSR count). The van der Waals surface area contributed by atoms with E-state index in [9.17, 15) is 15.0 Å². The quantitative estimate of drug-likeness (QED) is 0.631. The first-order valence-electron chi connectivity index (χ1n) is 8.10. The predicted octanol–water partition coefficient (Wildman–Crippen LogP) is -0.235.